The quantitative estimate of drug-likeness (QED) is 0.648. The largest absolute Gasteiger partial charge is 0.395 e. The van der Waals surface area contributed by atoms with Crippen LogP contribution >= 0.6 is 12.2 Å². The molecule has 106 valence electrons. The Morgan fingerprint density at radius 2 is 2.15 bits per heavy atom. The Labute approximate surface area is 122 Å². The molecule has 0 fully saturated rings. The molecule has 0 spiro atoms. The number of likely N-dealkylation sites (N-methyl/N-ethyl adjacent to an activating group) is 1. The molecule has 2 aromatic rings. The number of aryl methyl sites for hydroxylation is 1. The molecule has 7 heteroatoms. The number of aliphatic hydroxyl groups is 1. The zero-order valence-electron chi connectivity index (χ0n) is 11.4. The summed E-state index contributed by atoms with van der Waals surface area (Å²) in [6.07, 6.45) is 1.73. The van der Waals surface area contributed by atoms with Crippen LogP contribution in [0.2, 0.25) is 0 Å². The molecule has 2 rings (SSSR count). The first-order chi connectivity index (χ1) is 9.61. The summed E-state index contributed by atoms with van der Waals surface area (Å²) in [4.78, 5) is 1.98. The summed E-state index contributed by atoms with van der Waals surface area (Å²) in [7, 11) is 1.94. The molecule has 0 saturated heterocycles. The van der Waals surface area contributed by atoms with Crippen LogP contribution in [0.15, 0.2) is 29.4 Å². The topological polar surface area (TPSA) is 69.4 Å². The predicted octanol–water partition coefficient (Wildman–Crippen LogP) is 1.56. The maximum absolute atomic E-state index is 8.91. The lowest BCUT2D eigenvalue weighted by atomic mass is 10.2. The van der Waals surface area contributed by atoms with Gasteiger partial charge >= 0.3 is 0 Å². The normalized spacial score (nSPS) is 11.2. The minimum atomic E-state index is 0.137. The van der Waals surface area contributed by atoms with Crippen molar-refractivity contribution < 1.29 is 5.11 Å². The molecule has 0 aliphatic carbocycles. The molecule has 2 N–H and O–H groups in total. The number of H-pyrrole nitrogens is 1. The number of benzene rings is 1. The lowest BCUT2D eigenvalue weighted by molar-refractivity contribution is 0.304. The van der Waals surface area contributed by atoms with Crippen LogP contribution in [0.5, 0.6) is 0 Å². The average molecular weight is 291 g/mol. The fraction of sp³-hybridized carbons (Fsp3) is 0.308. The second-order valence-electron chi connectivity index (χ2n) is 4.37. The monoisotopic (exact) mass is 291 g/mol. The van der Waals surface area contributed by atoms with E-state index < -0.39 is 0 Å². The fourth-order valence-electron chi connectivity index (χ4n) is 1.72. The van der Waals surface area contributed by atoms with Gasteiger partial charge in [0.25, 0.3) is 0 Å². The van der Waals surface area contributed by atoms with Gasteiger partial charge in [0.2, 0.25) is 4.77 Å². The van der Waals surface area contributed by atoms with E-state index in [2.05, 4.69) is 15.3 Å². The summed E-state index contributed by atoms with van der Waals surface area (Å²) in [5.74, 6) is 0.713. The molecule has 1 heterocycles. The number of rotatable bonds is 5. The van der Waals surface area contributed by atoms with Gasteiger partial charge in [-0.3, -0.25) is 5.10 Å². The van der Waals surface area contributed by atoms with Crippen LogP contribution in [0.1, 0.15) is 11.4 Å². The van der Waals surface area contributed by atoms with E-state index in [4.69, 9.17) is 17.3 Å². The van der Waals surface area contributed by atoms with Crippen molar-refractivity contribution in [1.82, 2.24) is 14.9 Å². The molecular weight excluding hydrogens is 274 g/mol. The number of nitrogens with zero attached hydrogens (tertiary/aromatic N) is 4. The summed E-state index contributed by atoms with van der Waals surface area (Å²) in [6.45, 7) is 2.57. The van der Waals surface area contributed by atoms with Crippen molar-refractivity contribution in [3.8, 4) is 0 Å². The van der Waals surface area contributed by atoms with Crippen molar-refractivity contribution in [1.29, 1.82) is 0 Å². The average Bonchev–Trinajstić information content (AvgIpc) is 2.77. The van der Waals surface area contributed by atoms with E-state index in [1.807, 2.05) is 43.1 Å². The van der Waals surface area contributed by atoms with E-state index in [0.717, 1.165) is 11.3 Å². The maximum Gasteiger partial charge on any atom is 0.216 e. The Balaban J connectivity index is 2.13. The molecule has 0 amide bonds. The van der Waals surface area contributed by atoms with Crippen LogP contribution in [0, 0.1) is 11.7 Å². The van der Waals surface area contributed by atoms with Gasteiger partial charge in [0.15, 0.2) is 0 Å². The minimum Gasteiger partial charge on any atom is -0.395 e. The highest BCUT2D eigenvalue weighted by atomic mass is 32.1. The van der Waals surface area contributed by atoms with Crippen LogP contribution in [-0.4, -0.2) is 46.4 Å². The van der Waals surface area contributed by atoms with Crippen LogP contribution in [0.25, 0.3) is 0 Å². The summed E-state index contributed by atoms with van der Waals surface area (Å²) in [5.41, 5.74) is 2.01. The van der Waals surface area contributed by atoms with Crippen LogP contribution in [0.4, 0.5) is 5.69 Å². The molecule has 0 radical (unpaired) electrons. The van der Waals surface area contributed by atoms with Crippen molar-refractivity contribution in [3.63, 3.8) is 0 Å². The molecule has 0 saturated carbocycles. The molecule has 20 heavy (non-hydrogen) atoms. The standard InChI is InChI=1S/C13H17N5OS/c1-10-15-16-13(20)18(10)14-9-11-3-5-12(6-4-11)17(2)7-8-19/h3-6,9,19H,7-8H2,1-2H3,(H,16,20)/b14-9+. The van der Waals surface area contributed by atoms with E-state index in [-0.39, 0.29) is 6.61 Å². The van der Waals surface area contributed by atoms with E-state index in [0.29, 0.717) is 17.1 Å². The smallest absolute Gasteiger partial charge is 0.216 e. The Morgan fingerprint density at radius 1 is 1.45 bits per heavy atom. The van der Waals surface area contributed by atoms with Gasteiger partial charge in [-0.05, 0) is 36.8 Å². The number of hydrogen-bond acceptors (Lipinski definition) is 5. The minimum absolute atomic E-state index is 0.137. The maximum atomic E-state index is 8.91. The lowest BCUT2D eigenvalue weighted by Gasteiger charge is -2.17. The zero-order chi connectivity index (χ0) is 14.5. The van der Waals surface area contributed by atoms with Gasteiger partial charge < -0.3 is 10.0 Å². The number of aliphatic hydroxyl groups excluding tert-OH is 1. The summed E-state index contributed by atoms with van der Waals surface area (Å²) in [5, 5.41) is 19.9. The number of aromatic nitrogens is 3. The third kappa shape index (κ3) is 3.31. The van der Waals surface area contributed by atoms with Gasteiger partial charge in [-0.2, -0.15) is 14.9 Å². The van der Waals surface area contributed by atoms with Crippen LogP contribution < -0.4 is 4.90 Å². The first-order valence-electron chi connectivity index (χ1n) is 6.22. The third-order valence-electron chi connectivity index (χ3n) is 2.90. The van der Waals surface area contributed by atoms with Gasteiger partial charge in [-0.15, -0.1) is 0 Å². The van der Waals surface area contributed by atoms with Crippen LogP contribution in [-0.2, 0) is 0 Å². The van der Waals surface area contributed by atoms with Gasteiger partial charge in [0.1, 0.15) is 5.82 Å². The molecule has 0 bridgehead atoms. The molecule has 0 unspecified atom stereocenters. The van der Waals surface area contributed by atoms with E-state index >= 15 is 0 Å². The molecule has 1 aromatic heterocycles. The molecular formula is C13H17N5OS. The van der Waals surface area contributed by atoms with Gasteiger partial charge in [-0.25, -0.2) is 0 Å². The highest BCUT2D eigenvalue weighted by Gasteiger charge is 2.00. The molecule has 6 nitrogen and oxygen atoms in total. The Morgan fingerprint density at radius 3 is 2.70 bits per heavy atom. The number of nitrogens with one attached hydrogen (secondary N) is 1. The second kappa shape index (κ2) is 6.44. The Kier molecular flexibility index (Phi) is 4.65. The third-order valence-corrected chi connectivity index (χ3v) is 3.17. The van der Waals surface area contributed by atoms with Gasteiger partial charge in [-0.1, -0.05) is 12.1 Å². The molecule has 0 aliphatic heterocycles. The first-order valence-corrected chi connectivity index (χ1v) is 6.63. The zero-order valence-corrected chi connectivity index (χ0v) is 12.3. The first kappa shape index (κ1) is 14.4. The molecule has 0 aliphatic rings. The SMILES string of the molecule is Cc1n[nH]c(=S)n1/N=C/c1ccc(N(C)CCO)cc1. The number of hydrogen-bond donors (Lipinski definition) is 2. The highest BCUT2D eigenvalue weighted by molar-refractivity contribution is 7.71. The van der Waals surface area contributed by atoms with Crippen molar-refractivity contribution in [2.45, 2.75) is 6.92 Å². The van der Waals surface area contributed by atoms with Gasteiger partial charge in [0.05, 0.1) is 12.8 Å². The van der Waals surface area contributed by atoms with Crippen molar-refractivity contribution in [2.24, 2.45) is 5.10 Å². The van der Waals surface area contributed by atoms with Crippen molar-refractivity contribution in [3.05, 3.63) is 40.4 Å². The molecule has 0 atom stereocenters. The van der Waals surface area contributed by atoms with Crippen molar-refractivity contribution in [2.75, 3.05) is 25.1 Å². The second-order valence-corrected chi connectivity index (χ2v) is 4.76. The summed E-state index contributed by atoms with van der Waals surface area (Å²) < 4.78 is 2.04. The Hall–Kier alpha value is -1.99. The van der Waals surface area contributed by atoms with Gasteiger partial charge in [0, 0.05) is 19.3 Å². The number of aromatic amines is 1. The van der Waals surface area contributed by atoms with E-state index in [1.54, 1.807) is 10.9 Å². The lowest BCUT2D eigenvalue weighted by Crippen LogP contribution is -2.20. The predicted molar refractivity (Wildman–Crippen MR) is 81.9 cm³/mol. The van der Waals surface area contributed by atoms with E-state index in [1.165, 1.54) is 0 Å². The Bertz CT molecular complexity index is 644. The summed E-state index contributed by atoms with van der Waals surface area (Å²) in [6, 6.07) is 7.90. The molecule has 1 aromatic carbocycles. The van der Waals surface area contributed by atoms with Crippen LogP contribution in [0.3, 0.4) is 0 Å². The number of anilines is 1. The summed E-state index contributed by atoms with van der Waals surface area (Å²) >= 11 is 5.07. The fourth-order valence-corrected chi connectivity index (χ4v) is 1.95. The highest BCUT2D eigenvalue weighted by Crippen LogP contribution is 2.12. The van der Waals surface area contributed by atoms with E-state index in [9.17, 15) is 0 Å². The van der Waals surface area contributed by atoms with Crippen molar-refractivity contribution >= 4 is 24.1 Å².